The molecule has 0 unspecified atom stereocenters. The Bertz CT molecular complexity index is 1190. The van der Waals surface area contributed by atoms with Gasteiger partial charge in [0.05, 0.1) is 24.6 Å². The van der Waals surface area contributed by atoms with Gasteiger partial charge >= 0.3 is 0 Å². The number of rotatable bonds is 4. The predicted octanol–water partition coefficient (Wildman–Crippen LogP) is 3.66. The van der Waals surface area contributed by atoms with E-state index in [4.69, 9.17) is 24.7 Å². The molecule has 0 saturated carbocycles. The first-order valence-electron chi connectivity index (χ1n) is 10.4. The van der Waals surface area contributed by atoms with Gasteiger partial charge in [0, 0.05) is 38.3 Å². The van der Waals surface area contributed by atoms with Crippen molar-refractivity contribution in [1.82, 2.24) is 19.9 Å². The number of fused-ring (bicyclic) bond motifs is 1. The molecule has 0 spiro atoms. The number of benzene rings is 2. The van der Waals surface area contributed by atoms with Gasteiger partial charge in [-0.05, 0) is 0 Å². The monoisotopic (exact) mass is 412 g/mol. The number of anilines is 2. The van der Waals surface area contributed by atoms with E-state index in [1.807, 2.05) is 55.4 Å². The van der Waals surface area contributed by atoms with Crippen molar-refractivity contribution in [2.45, 2.75) is 0 Å². The van der Waals surface area contributed by atoms with Crippen molar-refractivity contribution in [3.8, 4) is 22.5 Å². The molecule has 3 heterocycles. The first-order valence-corrected chi connectivity index (χ1v) is 10.4. The summed E-state index contributed by atoms with van der Waals surface area (Å²) in [6.07, 6.45) is 0. The second-order valence-electron chi connectivity index (χ2n) is 7.67. The van der Waals surface area contributed by atoms with Crippen LogP contribution in [0.3, 0.4) is 0 Å². The van der Waals surface area contributed by atoms with Gasteiger partial charge in [-0.3, -0.25) is 0 Å². The van der Waals surface area contributed by atoms with Crippen LogP contribution in [0.2, 0.25) is 0 Å². The van der Waals surface area contributed by atoms with Gasteiger partial charge in [0.15, 0.2) is 17.0 Å². The quantitative estimate of drug-likeness (QED) is 0.507. The highest BCUT2D eigenvalue weighted by atomic mass is 16.5. The number of aromatic nitrogens is 4. The van der Waals surface area contributed by atoms with Crippen molar-refractivity contribution in [3.05, 3.63) is 60.7 Å². The first-order chi connectivity index (χ1) is 15.2. The van der Waals surface area contributed by atoms with Gasteiger partial charge in [0.2, 0.25) is 5.95 Å². The van der Waals surface area contributed by atoms with E-state index in [1.165, 1.54) is 0 Å². The van der Waals surface area contributed by atoms with Crippen molar-refractivity contribution in [2.24, 2.45) is 0 Å². The fraction of sp³-hybridized carbons (Fsp3) is 0.250. The number of ether oxygens (including phenoxy) is 1. The molecule has 7 nitrogen and oxygen atoms in total. The molecule has 4 aromatic rings. The van der Waals surface area contributed by atoms with Crippen LogP contribution in [0.15, 0.2) is 60.7 Å². The van der Waals surface area contributed by atoms with Crippen LogP contribution in [0.5, 0.6) is 0 Å². The summed E-state index contributed by atoms with van der Waals surface area (Å²) in [4.78, 5) is 23.8. The van der Waals surface area contributed by atoms with Crippen molar-refractivity contribution >= 4 is 22.9 Å². The molecule has 0 amide bonds. The lowest BCUT2D eigenvalue weighted by Crippen LogP contribution is -2.37. The van der Waals surface area contributed by atoms with Crippen molar-refractivity contribution in [1.29, 1.82) is 0 Å². The minimum Gasteiger partial charge on any atom is -0.378 e. The summed E-state index contributed by atoms with van der Waals surface area (Å²) in [7, 11) is 3.88. The lowest BCUT2D eigenvalue weighted by molar-refractivity contribution is 0.122. The molecular weight excluding hydrogens is 388 g/mol. The summed E-state index contributed by atoms with van der Waals surface area (Å²) in [5.74, 6) is 1.43. The molecule has 2 aromatic heterocycles. The van der Waals surface area contributed by atoms with Gasteiger partial charge in [-0.25, -0.2) is 9.97 Å². The highest BCUT2D eigenvalue weighted by Crippen LogP contribution is 2.33. The van der Waals surface area contributed by atoms with E-state index in [-0.39, 0.29) is 0 Å². The molecule has 0 atom stereocenters. The zero-order chi connectivity index (χ0) is 21.2. The summed E-state index contributed by atoms with van der Waals surface area (Å²) < 4.78 is 5.55. The van der Waals surface area contributed by atoms with Gasteiger partial charge in [-0.1, -0.05) is 60.7 Å². The van der Waals surface area contributed by atoms with Crippen LogP contribution in [0.4, 0.5) is 11.8 Å². The Balaban J connectivity index is 1.80. The summed E-state index contributed by atoms with van der Waals surface area (Å²) >= 11 is 0. The Hall–Kier alpha value is -3.58. The molecule has 156 valence electrons. The molecule has 1 aliphatic rings. The average molecular weight is 412 g/mol. The fourth-order valence-corrected chi connectivity index (χ4v) is 3.71. The third kappa shape index (κ3) is 3.80. The second kappa shape index (κ2) is 8.28. The molecule has 1 fully saturated rings. The minimum absolute atomic E-state index is 0.596. The van der Waals surface area contributed by atoms with E-state index in [9.17, 15) is 0 Å². The maximum absolute atomic E-state index is 5.55. The highest BCUT2D eigenvalue weighted by molar-refractivity contribution is 5.90. The molecule has 0 N–H and O–H groups in total. The van der Waals surface area contributed by atoms with Crippen LogP contribution >= 0.6 is 0 Å². The number of nitrogens with zero attached hydrogens (tertiary/aromatic N) is 6. The number of hydrogen-bond acceptors (Lipinski definition) is 7. The molecule has 2 aromatic carbocycles. The lowest BCUT2D eigenvalue weighted by Gasteiger charge is -2.29. The van der Waals surface area contributed by atoms with Crippen LogP contribution in [-0.2, 0) is 4.74 Å². The zero-order valence-electron chi connectivity index (χ0n) is 17.7. The summed E-state index contributed by atoms with van der Waals surface area (Å²) in [5.41, 5.74) is 4.98. The standard InChI is InChI=1S/C24H24N6O/c1-29(2)24-27-22-21(23(28-24)30-13-15-31-16-14-30)25-19(17-9-5-3-6-10-17)20(26-22)18-11-7-4-8-12-18/h3-12H,13-16H2,1-2H3. The van der Waals surface area contributed by atoms with Gasteiger partial charge in [0.25, 0.3) is 0 Å². The molecule has 1 saturated heterocycles. The van der Waals surface area contributed by atoms with Gasteiger partial charge < -0.3 is 14.5 Å². The number of hydrogen-bond donors (Lipinski definition) is 0. The van der Waals surface area contributed by atoms with Crippen molar-refractivity contribution in [3.63, 3.8) is 0 Å². The van der Waals surface area contributed by atoms with Crippen molar-refractivity contribution in [2.75, 3.05) is 50.2 Å². The van der Waals surface area contributed by atoms with Crippen LogP contribution < -0.4 is 9.80 Å². The third-order valence-electron chi connectivity index (χ3n) is 5.31. The van der Waals surface area contributed by atoms with Gasteiger partial charge in [-0.15, -0.1) is 0 Å². The van der Waals surface area contributed by atoms with Gasteiger partial charge in [-0.2, -0.15) is 9.97 Å². The Morgan fingerprint density at radius 1 is 0.742 bits per heavy atom. The third-order valence-corrected chi connectivity index (χ3v) is 5.31. The molecule has 0 radical (unpaired) electrons. The second-order valence-corrected chi connectivity index (χ2v) is 7.67. The Morgan fingerprint density at radius 3 is 1.90 bits per heavy atom. The molecule has 0 bridgehead atoms. The molecule has 0 aliphatic carbocycles. The van der Waals surface area contributed by atoms with Crippen LogP contribution in [0.1, 0.15) is 0 Å². The maximum Gasteiger partial charge on any atom is 0.228 e. The minimum atomic E-state index is 0.596. The SMILES string of the molecule is CN(C)c1nc(N2CCOCC2)c2nc(-c3ccccc3)c(-c3ccccc3)nc2n1. The van der Waals surface area contributed by atoms with E-state index in [2.05, 4.69) is 29.2 Å². The molecule has 5 rings (SSSR count). The maximum atomic E-state index is 5.55. The topological polar surface area (TPSA) is 67.3 Å². The average Bonchev–Trinajstić information content (AvgIpc) is 2.84. The van der Waals surface area contributed by atoms with E-state index >= 15 is 0 Å². The molecule has 1 aliphatic heterocycles. The summed E-state index contributed by atoms with van der Waals surface area (Å²) in [5, 5.41) is 0. The molecular formula is C24H24N6O. The predicted molar refractivity (Wildman–Crippen MR) is 123 cm³/mol. The first kappa shape index (κ1) is 19.4. The lowest BCUT2D eigenvalue weighted by atomic mass is 10.0. The smallest absolute Gasteiger partial charge is 0.228 e. The largest absolute Gasteiger partial charge is 0.378 e. The van der Waals surface area contributed by atoms with E-state index < -0.39 is 0 Å². The molecule has 31 heavy (non-hydrogen) atoms. The van der Waals surface area contributed by atoms with E-state index in [0.29, 0.717) is 30.3 Å². The highest BCUT2D eigenvalue weighted by Gasteiger charge is 2.22. The van der Waals surface area contributed by atoms with Crippen molar-refractivity contribution < 1.29 is 4.74 Å². The Morgan fingerprint density at radius 2 is 1.32 bits per heavy atom. The fourth-order valence-electron chi connectivity index (χ4n) is 3.71. The van der Waals surface area contributed by atoms with Crippen LogP contribution in [-0.4, -0.2) is 60.3 Å². The Labute approximate surface area is 181 Å². The summed E-state index contributed by atoms with van der Waals surface area (Å²) in [6.45, 7) is 2.87. The Kier molecular flexibility index (Phi) is 5.18. The van der Waals surface area contributed by atoms with Crippen LogP contribution in [0, 0.1) is 0 Å². The molecule has 7 heteroatoms. The van der Waals surface area contributed by atoms with Gasteiger partial charge in [0.1, 0.15) is 0 Å². The van der Waals surface area contributed by atoms with E-state index in [0.717, 1.165) is 41.4 Å². The van der Waals surface area contributed by atoms with E-state index in [1.54, 1.807) is 0 Å². The van der Waals surface area contributed by atoms with Crippen LogP contribution in [0.25, 0.3) is 33.7 Å². The summed E-state index contributed by atoms with van der Waals surface area (Å²) in [6, 6.07) is 20.3. The normalized spacial score (nSPS) is 14.1. The number of morpholine rings is 1. The zero-order valence-corrected chi connectivity index (χ0v) is 17.7.